The highest BCUT2D eigenvalue weighted by Crippen LogP contribution is 2.33. The fourth-order valence-electron chi connectivity index (χ4n) is 6.45. The van der Waals surface area contributed by atoms with Gasteiger partial charge in [0.15, 0.2) is 17.2 Å². The SMILES string of the molecule is Nc1ncccc1-c1nc2ccc(-c3ccccc3)nc2n1-c1ccc(CN2CC[C@H](N3CCOc4c3c(=O)c4=O)C2)cc1. The minimum absolute atomic E-state index is 0.190. The molecule has 1 atom stereocenters. The van der Waals surface area contributed by atoms with Crippen molar-refractivity contribution >= 4 is 22.7 Å². The van der Waals surface area contributed by atoms with Crippen molar-refractivity contribution in [2.75, 3.05) is 36.9 Å². The van der Waals surface area contributed by atoms with Gasteiger partial charge in [-0.05, 0) is 48.4 Å². The Kier molecular flexibility index (Phi) is 6.23. The number of hydrogen-bond acceptors (Lipinski definition) is 9. The number of benzene rings is 2. The number of anilines is 2. The van der Waals surface area contributed by atoms with Crippen LogP contribution in [0, 0.1) is 0 Å². The molecule has 6 aromatic rings. The number of rotatable bonds is 6. The van der Waals surface area contributed by atoms with Gasteiger partial charge < -0.3 is 15.4 Å². The molecule has 1 fully saturated rings. The van der Waals surface area contributed by atoms with Gasteiger partial charge in [-0.2, -0.15) is 0 Å². The maximum Gasteiger partial charge on any atom is 0.272 e. The molecule has 0 saturated carbocycles. The molecular weight excluding hydrogens is 554 g/mol. The zero-order valence-electron chi connectivity index (χ0n) is 23.9. The quantitative estimate of drug-likeness (QED) is 0.292. The first-order chi connectivity index (χ1) is 21.5. The lowest BCUT2D eigenvalue weighted by molar-refractivity contribution is 0.285. The lowest BCUT2D eigenvalue weighted by atomic mass is 10.1. The normalized spacial score (nSPS) is 16.8. The summed E-state index contributed by atoms with van der Waals surface area (Å²) in [5.74, 6) is 1.34. The Balaban J connectivity index is 1.09. The average molecular weight is 584 g/mol. The topological polar surface area (TPSA) is 119 Å². The van der Waals surface area contributed by atoms with Gasteiger partial charge in [0, 0.05) is 43.1 Å². The number of hydrogen-bond donors (Lipinski definition) is 1. The molecule has 2 N–H and O–H groups in total. The molecule has 0 aliphatic carbocycles. The maximum atomic E-state index is 12.2. The third-order valence-corrected chi connectivity index (χ3v) is 8.65. The summed E-state index contributed by atoms with van der Waals surface area (Å²) < 4.78 is 7.49. The lowest BCUT2D eigenvalue weighted by Gasteiger charge is -2.36. The zero-order chi connectivity index (χ0) is 29.8. The van der Waals surface area contributed by atoms with E-state index in [9.17, 15) is 9.59 Å². The second kappa shape index (κ2) is 10.4. The van der Waals surface area contributed by atoms with E-state index in [0.717, 1.165) is 59.7 Å². The number of nitrogen functional groups attached to an aromatic ring is 1. The third kappa shape index (κ3) is 4.34. The van der Waals surface area contributed by atoms with E-state index < -0.39 is 10.9 Å². The van der Waals surface area contributed by atoms with Crippen LogP contribution in [0.2, 0.25) is 0 Å². The highest BCUT2D eigenvalue weighted by Gasteiger charge is 2.37. The standard InChI is InChI=1S/C34H29N7O3/c35-32-25(7-4-15-36-32)33-38-27-13-12-26(22-5-2-1-3-6-22)37-34(27)41(33)23-10-8-21(9-11-23)19-39-16-14-24(20-39)40-17-18-44-31-28(40)29(42)30(31)43/h1-13,15,24H,14,16-20H2,(H2,35,36)/t24-/m0/s1. The van der Waals surface area contributed by atoms with E-state index in [0.29, 0.717) is 30.5 Å². The van der Waals surface area contributed by atoms with Crippen molar-refractivity contribution < 1.29 is 4.74 Å². The van der Waals surface area contributed by atoms with Crippen LogP contribution in [0.3, 0.4) is 0 Å². The van der Waals surface area contributed by atoms with Crippen LogP contribution in [-0.2, 0) is 6.54 Å². The van der Waals surface area contributed by atoms with Gasteiger partial charge in [0.05, 0.1) is 17.8 Å². The second-order valence-corrected chi connectivity index (χ2v) is 11.3. The highest BCUT2D eigenvalue weighted by molar-refractivity contribution is 5.84. The Labute approximate surface area is 252 Å². The summed E-state index contributed by atoms with van der Waals surface area (Å²) in [5.41, 5.74) is 12.1. The van der Waals surface area contributed by atoms with Gasteiger partial charge in [-0.15, -0.1) is 0 Å². The van der Waals surface area contributed by atoms with Gasteiger partial charge in [-0.3, -0.25) is 19.1 Å². The van der Waals surface area contributed by atoms with Crippen LogP contribution < -0.4 is 26.2 Å². The molecule has 0 unspecified atom stereocenters. The third-order valence-electron chi connectivity index (χ3n) is 8.65. The number of fused-ring (bicyclic) bond motifs is 2. The zero-order valence-corrected chi connectivity index (χ0v) is 23.9. The van der Waals surface area contributed by atoms with Crippen LogP contribution in [0.5, 0.6) is 5.75 Å². The molecular formula is C34H29N7O3. The number of nitrogens with two attached hydrogens (primary N) is 1. The summed E-state index contributed by atoms with van der Waals surface area (Å²) in [7, 11) is 0. The van der Waals surface area contributed by atoms with Crippen molar-refractivity contribution in [2.24, 2.45) is 0 Å². The lowest BCUT2D eigenvalue weighted by Crippen LogP contribution is -2.51. The molecule has 2 aliphatic heterocycles. The molecule has 218 valence electrons. The molecule has 0 spiro atoms. The molecule has 0 radical (unpaired) electrons. The average Bonchev–Trinajstić information content (AvgIpc) is 3.69. The first-order valence-electron chi connectivity index (χ1n) is 14.8. The number of ether oxygens (including phenoxy) is 1. The van der Waals surface area contributed by atoms with E-state index in [4.69, 9.17) is 20.4 Å². The Hall–Kier alpha value is -5.35. The molecule has 10 heteroatoms. The Morgan fingerprint density at radius 2 is 1.73 bits per heavy atom. The second-order valence-electron chi connectivity index (χ2n) is 11.3. The predicted molar refractivity (Wildman–Crippen MR) is 170 cm³/mol. The van der Waals surface area contributed by atoms with E-state index >= 15 is 0 Å². The van der Waals surface area contributed by atoms with E-state index in [2.05, 4.69) is 39.0 Å². The van der Waals surface area contributed by atoms with Crippen LogP contribution in [0.4, 0.5) is 11.5 Å². The summed E-state index contributed by atoms with van der Waals surface area (Å²) in [5, 5.41) is 0. The molecule has 5 heterocycles. The van der Waals surface area contributed by atoms with Crippen LogP contribution in [0.1, 0.15) is 12.0 Å². The van der Waals surface area contributed by atoms with Gasteiger partial charge in [-0.1, -0.05) is 42.5 Å². The molecule has 10 nitrogen and oxygen atoms in total. The molecule has 3 aromatic carbocycles. The summed E-state index contributed by atoms with van der Waals surface area (Å²) in [6.45, 7) is 3.59. The summed E-state index contributed by atoms with van der Waals surface area (Å²) in [6, 6.07) is 26.5. The number of imidazole rings is 1. The number of pyridine rings is 2. The maximum absolute atomic E-state index is 12.2. The molecule has 3 aromatic heterocycles. The van der Waals surface area contributed by atoms with Crippen molar-refractivity contribution in [1.82, 2.24) is 24.4 Å². The summed E-state index contributed by atoms with van der Waals surface area (Å²) in [4.78, 5) is 42.8. The molecule has 8 rings (SSSR count). The smallest absolute Gasteiger partial charge is 0.272 e. The van der Waals surface area contributed by atoms with E-state index in [1.54, 1.807) is 6.20 Å². The Bertz CT molecular complexity index is 2080. The molecule has 2 aliphatic rings. The van der Waals surface area contributed by atoms with Gasteiger partial charge >= 0.3 is 0 Å². The van der Waals surface area contributed by atoms with Crippen molar-refractivity contribution in [2.45, 2.75) is 19.0 Å². The molecule has 1 saturated heterocycles. The van der Waals surface area contributed by atoms with Gasteiger partial charge in [0.1, 0.15) is 23.6 Å². The monoisotopic (exact) mass is 583 g/mol. The fourth-order valence-corrected chi connectivity index (χ4v) is 6.45. The van der Waals surface area contributed by atoms with Crippen LogP contribution in [0.15, 0.2) is 94.6 Å². The Morgan fingerprint density at radius 1 is 0.886 bits per heavy atom. The van der Waals surface area contributed by atoms with Crippen molar-refractivity contribution in [3.05, 3.63) is 111 Å². The molecule has 0 bridgehead atoms. The van der Waals surface area contributed by atoms with Crippen LogP contribution >= 0.6 is 0 Å². The number of aromatic nitrogens is 4. The van der Waals surface area contributed by atoms with Crippen molar-refractivity contribution in [3.63, 3.8) is 0 Å². The first-order valence-corrected chi connectivity index (χ1v) is 14.8. The van der Waals surface area contributed by atoms with E-state index in [1.807, 2.05) is 59.2 Å². The predicted octanol–water partition coefficient (Wildman–Crippen LogP) is 3.80. The molecule has 0 amide bonds. The molecule has 44 heavy (non-hydrogen) atoms. The van der Waals surface area contributed by atoms with Crippen LogP contribution in [-0.4, -0.2) is 56.7 Å². The van der Waals surface area contributed by atoms with Crippen molar-refractivity contribution in [3.8, 4) is 34.1 Å². The van der Waals surface area contributed by atoms with Crippen molar-refractivity contribution in [1.29, 1.82) is 0 Å². The van der Waals surface area contributed by atoms with Crippen LogP contribution in [0.25, 0.3) is 39.5 Å². The van der Waals surface area contributed by atoms with Gasteiger partial charge in [-0.25, -0.2) is 15.0 Å². The highest BCUT2D eigenvalue weighted by atomic mass is 16.5. The summed E-state index contributed by atoms with van der Waals surface area (Å²) >= 11 is 0. The first kappa shape index (κ1) is 26.3. The van der Waals surface area contributed by atoms with E-state index in [-0.39, 0.29) is 11.8 Å². The Morgan fingerprint density at radius 3 is 2.55 bits per heavy atom. The van der Waals surface area contributed by atoms with Gasteiger partial charge in [0.2, 0.25) is 0 Å². The number of nitrogens with zero attached hydrogens (tertiary/aromatic N) is 6. The fraction of sp³-hybridized carbons (Fsp3) is 0.206. The largest absolute Gasteiger partial charge is 0.485 e. The summed E-state index contributed by atoms with van der Waals surface area (Å²) in [6.07, 6.45) is 2.61. The minimum atomic E-state index is -0.494. The minimum Gasteiger partial charge on any atom is -0.485 e. The van der Waals surface area contributed by atoms with Gasteiger partial charge in [0.25, 0.3) is 10.9 Å². The number of likely N-dealkylation sites (tertiary alicyclic amines) is 1. The van der Waals surface area contributed by atoms with E-state index in [1.165, 1.54) is 5.56 Å².